The first kappa shape index (κ1) is 9.04. The number of nitrogens with zero attached hydrogens (tertiary/aromatic N) is 1. The number of hydrogen-bond acceptors (Lipinski definition) is 3. The van der Waals surface area contributed by atoms with Crippen LogP contribution in [-0.2, 0) is 6.42 Å². The van der Waals surface area contributed by atoms with E-state index in [0.717, 1.165) is 17.7 Å². The first-order chi connectivity index (χ1) is 7.18. The van der Waals surface area contributed by atoms with E-state index < -0.39 is 0 Å². The Morgan fingerprint density at radius 3 is 3.07 bits per heavy atom. The Balaban J connectivity index is 2.46. The molecule has 0 radical (unpaired) electrons. The van der Waals surface area contributed by atoms with Crippen LogP contribution in [-0.4, -0.2) is 18.7 Å². The minimum Gasteiger partial charge on any atom is -0.506 e. The number of rotatable bonds is 0. The maximum Gasteiger partial charge on any atom is 0.135 e. The molecule has 15 heavy (non-hydrogen) atoms. The molecule has 1 aliphatic rings. The van der Waals surface area contributed by atoms with Crippen molar-refractivity contribution in [2.45, 2.75) is 13.3 Å². The molecule has 0 fully saturated rings. The van der Waals surface area contributed by atoms with Crippen LogP contribution in [0.3, 0.4) is 0 Å². The molecular weight excluding hydrogens is 206 g/mol. The first-order valence-corrected chi connectivity index (χ1v) is 6.00. The van der Waals surface area contributed by atoms with Crippen LogP contribution < -0.4 is 4.90 Å². The SMILES string of the molecule is Cc1csc2c(O)cc3c(c12)CCN3C. The minimum absolute atomic E-state index is 0.426. The molecule has 0 amide bonds. The fourth-order valence-corrected chi connectivity index (χ4v) is 3.41. The lowest BCUT2D eigenvalue weighted by atomic mass is 10.0. The highest BCUT2D eigenvalue weighted by Gasteiger charge is 2.22. The molecule has 0 atom stereocenters. The molecule has 0 bridgehead atoms. The molecule has 0 saturated carbocycles. The second-order valence-electron chi connectivity index (χ2n) is 4.19. The van der Waals surface area contributed by atoms with Gasteiger partial charge in [-0.25, -0.2) is 0 Å². The van der Waals surface area contributed by atoms with Gasteiger partial charge in [0.2, 0.25) is 0 Å². The highest BCUT2D eigenvalue weighted by molar-refractivity contribution is 7.17. The lowest BCUT2D eigenvalue weighted by Crippen LogP contribution is -2.12. The highest BCUT2D eigenvalue weighted by atomic mass is 32.1. The summed E-state index contributed by atoms with van der Waals surface area (Å²) >= 11 is 1.64. The van der Waals surface area contributed by atoms with Gasteiger partial charge in [-0.3, -0.25) is 0 Å². The third-order valence-electron chi connectivity index (χ3n) is 3.20. The fraction of sp³-hybridized carbons (Fsp3) is 0.333. The van der Waals surface area contributed by atoms with Gasteiger partial charge in [0, 0.05) is 30.7 Å². The molecule has 2 nitrogen and oxygen atoms in total. The van der Waals surface area contributed by atoms with Crippen molar-refractivity contribution in [3.05, 3.63) is 22.6 Å². The lowest BCUT2D eigenvalue weighted by Gasteiger charge is -2.12. The van der Waals surface area contributed by atoms with Gasteiger partial charge >= 0.3 is 0 Å². The van der Waals surface area contributed by atoms with Crippen LogP contribution >= 0.6 is 11.3 Å². The van der Waals surface area contributed by atoms with Gasteiger partial charge in [-0.15, -0.1) is 11.3 Å². The van der Waals surface area contributed by atoms with Crippen molar-refractivity contribution in [3.8, 4) is 5.75 Å². The molecule has 1 aliphatic heterocycles. The summed E-state index contributed by atoms with van der Waals surface area (Å²) in [4.78, 5) is 2.21. The van der Waals surface area contributed by atoms with E-state index >= 15 is 0 Å². The number of phenolic OH excluding ortho intramolecular Hbond substituents is 1. The van der Waals surface area contributed by atoms with Gasteiger partial charge in [0.05, 0.1) is 4.70 Å². The van der Waals surface area contributed by atoms with Gasteiger partial charge in [-0.2, -0.15) is 0 Å². The number of phenols is 1. The van der Waals surface area contributed by atoms with Crippen LogP contribution in [0.15, 0.2) is 11.4 Å². The molecule has 2 aromatic rings. The molecule has 0 saturated heterocycles. The Morgan fingerprint density at radius 1 is 1.47 bits per heavy atom. The van der Waals surface area contributed by atoms with Crippen LogP contribution in [0.4, 0.5) is 5.69 Å². The zero-order valence-electron chi connectivity index (χ0n) is 8.87. The summed E-state index contributed by atoms with van der Waals surface area (Å²) in [6.07, 6.45) is 1.10. The van der Waals surface area contributed by atoms with E-state index in [2.05, 4.69) is 24.3 Å². The average molecular weight is 219 g/mol. The topological polar surface area (TPSA) is 23.5 Å². The molecular formula is C12H13NOS. The second-order valence-corrected chi connectivity index (χ2v) is 5.07. The standard InChI is InChI=1S/C12H13NOS/c1-7-6-15-12-10(14)5-9-8(11(7)12)3-4-13(9)2/h5-6,14H,3-4H2,1-2H3. The van der Waals surface area contributed by atoms with E-state index in [1.807, 2.05) is 6.07 Å². The molecule has 3 heteroatoms. The minimum atomic E-state index is 0.426. The molecule has 0 spiro atoms. The van der Waals surface area contributed by atoms with E-state index in [-0.39, 0.29) is 0 Å². The molecule has 3 rings (SSSR count). The largest absolute Gasteiger partial charge is 0.506 e. The lowest BCUT2D eigenvalue weighted by molar-refractivity contribution is 0.482. The van der Waals surface area contributed by atoms with Crippen molar-refractivity contribution >= 4 is 27.1 Å². The monoisotopic (exact) mass is 219 g/mol. The van der Waals surface area contributed by atoms with Gasteiger partial charge in [0.15, 0.2) is 0 Å². The third-order valence-corrected chi connectivity index (χ3v) is 4.32. The zero-order chi connectivity index (χ0) is 10.6. The molecule has 1 N–H and O–H groups in total. The third kappa shape index (κ3) is 1.10. The van der Waals surface area contributed by atoms with E-state index in [9.17, 15) is 5.11 Å². The first-order valence-electron chi connectivity index (χ1n) is 5.12. The van der Waals surface area contributed by atoms with Crippen molar-refractivity contribution in [1.82, 2.24) is 0 Å². The average Bonchev–Trinajstić information content (AvgIpc) is 2.73. The van der Waals surface area contributed by atoms with Crippen molar-refractivity contribution in [2.75, 3.05) is 18.5 Å². The Kier molecular flexibility index (Phi) is 1.74. The van der Waals surface area contributed by atoms with Gasteiger partial charge in [0.1, 0.15) is 5.75 Å². The number of aryl methyl sites for hydroxylation is 1. The fourth-order valence-electron chi connectivity index (χ4n) is 2.41. The Labute approximate surface area is 92.8 Å². The van der Waals surface area contributed by atoms with Crippen LogP contribution in [0.5, 0.6) is 5.75 Å². The number of anilines is 1. The van der Waals surface area contributed by atoms with Crippen molar-refractivity contribution in [3.63, 3.8) is 0 Å². The number of hydrogen-bond donors (Lipinski definition) is 1. The van der Waals surface area contributed by atoms with Gasteiger partial charge < -0.3 is 10.0 Å². The predicted octanol–water partition coefficient (Wildman–Crippen LogP) is 2.91. The second kappa shape index (κ2) is 2.89. The van der Waals surface area contributed by atoms with Crippen LogP contribution in [0.1, 0.15) is 11.1 Å². The molecule has 2 heterocycles. The smallest absolute Gasteiger partial charge is 0.135 e. The molecule has 0 aliphatic carbocycles. The summed E-state index contributed by atoms with van der Waals surface area (Å²) < 4.78 is 1.04. The summed E-state index contributed by atoms with van der Waals surface area (Å²) in [6, 6.07) is 1.90. The Morgan fingerprint density at radius 2 is 2.27 bits per heavy atom. The van der Waals surface area contributed by atoms with E-state index in [1.165, 1.54) is 22.2 Å². The number of benzene rings is 1. The number of thiophene rings is 1. The molecule has 1 aromatic heterocycles. The van der Waals surface area contributed by atoms with Crippen LogP contribution in [0.2, 0.25) is 0 Å². The highest BCUT2D eigenvalue weighted by Crippen LogP contribution is 2.43. The van der Waals surface area contributed by atoms with Crippen LogP contribution in [0.25, 0.3) is 10.1 Å². The Bertz CT molecular complexity index is 544. The summed E-state index contributed by atoms with van der Waals surface area (Å²) in [7, 11) is 2.08. The predicted molar refractivity (Wildman–Crippen MR) is 65.2 cm³/mol. The quantitative estimate of drug-likeness (QED) is 0.736. The zero-order valence-corrected chi connectivity index (χ0v) is 9.69. The van der Waals surface area contributed by atoms with Crippen molar-refractivity contribution < 1.29 is 5.11 Å². The van der Waals surface area contributed by atoms with E-state index in [0.29, 0.717) is 5.75 Å². The summed E-state index contributed by atoms with van der Waals surface area (Å²) in [5, 5.41) is 13.4. The Hall–Kier alpha value is -1.22. The number of likely N-dealkylation sites (N-methyl/N-ethyl adjacent to an activating group) is 1. The normalized spacial score (nSPS) is 14.9. The summed E-state index contributed by atoms with van der Waals surface area (Å²) in [6.45, 7) is 3.18. The van der Waals surface area contributed by atoms with Gasteiger partial charge in [-0.05, 0) is 29.9 Å². The summed E-state index contributed by atoms with van der Waals surface area (Å²) in [5.74, 6) is 0.426. The molecule has 1 aromatic carbocycles. The molecule has 78 valence electrons. The van der Waals surface area contributed by atoms with Crippen LogP contribution in [0, 0.1) is 6.92 Å². The summed E-state index contributed by atoms with van der Waals surface area (Å²) in [5.41, 5.74) is 3.89. The van der Waals surface area contributed by atoms with E-state index in [4.69, 9.17) is 0 Å². The number of fused-ring (bicyclic) bond motifs is 3. The molecule has 0 unspecified atom stereocenters. The van der Waals surface area contributed by atoms with Crippen molar-refractivity contribution in [1.29, 1.82) is 0 Å². The van der Waals surface area contributed by atoms with Gasteiger partial charge in [-0.1, -0.05) is 0 Å². The maximum absolute atomic E-state index is 9.95. The van der Waals surface area contributed by atoms with Gasteiger partial charge in [0.25, 0.3) is 0 Å². The van der Waals surface area contributed by atoms with E-state index in [1.54, 1.807) is 11.3 Å². The maximum atomic E-state index is 9.95. The van der Waals surface area contributed by atoms with Crippen molar-refractivity contribution in [2.24, 2.45) is 0 Å². The number of aromatic hydroxyl groups is 1.